The van der Waals surface area contributed by atoms with Crippen LogP contribution in [0.4, 0.5) is 4.39 Å². The van der Waals surface area contributed by atoms with Crippen molar-refractivity contribution in [3.05, 3.63) is 92.0 Å². The van der Waals surface area contributed by atoms with E-state index in [1.165, 1.54) is 24.3 Å². The second kappa shape index (κ2) is 8.86. The Kier molecular flexibility index (Phi) is 6.25. The van der Waals surface area contributed by atoms with E-state index >= 15 is 0 Å². The van der Waals surface area contributed by atoms with Gasteiger partial charge in [-0.25, -0.2) is 9.18 Å². The monoisotopic (exact) mass is 410 g/mol. The van der Waals surface area contributed by atoms with Gasteiger partial charge in [-0.1, -0.05) is 31.2 Å². The Bertz CT molecular complexity index is 1180. The van der Waals surface area contributed by atoms with E-state index in [1.54, 1.807) is 18.2 Å². The summed E-state index contributed by atoms with van der Waals surface area (Å²) in [7, 11) is 0. The maximum atomic E-state index is 13.2. The normalized spacial score (nSPS) is 11.9. The molecule has 1 atom stereocenters. The molecule has 7 nitrogen and oxygen atoms in total. The third-order valence-electron chi connectivity index (χ3n) is 4.76. The summed E-state index contributed by atoms with van der Waals surface area (Å²) < 4.78 is 15.2. The standard InChI is InChI=1S/C22H23FN4O3/c1-4-15(3)24-20(28)19-21(29)26(13-16-8-10-17(23)11-9-16)22(30)27(25-19)18-7-5-6-14(2)12-18/h5-12,15H,4,13H2,1-3H3,(H,24,28). The first-order valence-corrected chi connectivity index (χ1v) is 9.66. The van der Waals surface area contributed by atoms with Gasteiger partial charge in [-0.15, -0.1) is 0 Å². The molecule has 1 amide bonds. The molecule has 1 unspecified atom stereocenters. The van der Waals surface area contributed by atoms with Crippen LogP contribution in [0.15, 0.2) is 58.1 Å². The quantitative estimate of drug-likeness (QED) is 0.676. The van der Waals surface area contributed by atoms with E-state index in [4.69, 9.17) is 0 Å². The molecule has 0 aliphatic rings. The Labute approximate surface area is 172 Å². The molecule has 1 aromatic heterocycles. The van der Waals surface area contributed by atoms with Crippen molar-refractivity contribution in [2.45, 2.75) is 39.8 Å². The van der Waals surface area contributed by atoms with E-state index in [0.29, 0.717) is 17.7 Å². The molecule has 0 spiro atoms. The van der Waals surface area contributed by atoms with E-state index in [0.717, 1.165) is 14.8 Å². The van der Waals surface area contributed by atoms with Crippen molar-refractivity contribution < 1.29 is 9.18 Å². The number of nitrogens with zero attached hydrogens (tertiary/aromatic N) is 3. The molecule has 2 aromatic carbocycles. The van der Waals surface area contributed by atoms with Gasteiger partial charge in [-0.3, -0.25) is 14.2 Å². The average Bonchev–Trinajstić information content (AvgIpc) is 2.72. The van der Waals surface area contributed by atoms with Crippen LogP contribution in [0, 0.1) is 12.7 Å². The molecule has 1 heterocycles. The topological polar surface area (TPSA) is 86.0 Å². The maximum absolute atomic E-state index is 13.2. The summed E-state index contributed by atoms with van der Waals surface area (Å²) in [4.78, 5) is 38.8. The molecule has 3 aromatic rings. The van der Waals surface area contributed by atoms with Gasteiger partial charge in [0.2, 0.25) is 5.69 Å². The minimum absolute atomic E-state index is 0.115. The van der Waals surface area contributed by atoms with Gasteiger partial charge in [0, 0.05) is 6.04 Å². The number of carbonyl (C=O) groups excluding carboxylic acids is 1. The fourth-order valence-electron chi connectivity index (χ4n) is 2.89. The van der Waals surface area contributed by atoms with Crippen LogP contribution in [0.25, 0.3) is 5.69 Å². The van der Waals surface area contributed by atoms with Gasteiger partial charge >= 0.3 is 5.69 Å². The van der Waals surface area contributed by atoms with E-state index < -0.39 is 23.0 Å². The van der Waals surface area contributed by atoms with Crippen molar-refractivity contribution in [1.29, 1.82) is 0 Å². The van der Waals surface area contributed by atoms with Gasteiger partial charge in [0.1, 0.15) is 5.82 Å². The van der Waals surface area contributed by atoms with Crippen LogP contribution in [0.3, 0.4) is 0 Å². The Hall–Kier alpha value is -3.55. The molecule has 0 fully saturated rings. The van der Waals surface area contributed by atoms with Crippen LogP contribution in [0.1, 0.15) is 41.9 Å². The van der Waals surface area contributed by atoms with E-state index in [2.05, 4.69) is 10.4 Å². The van der Waals surface area contributed by atoms with Crippen LogP contribution in [-0.4, -0.2) is 26.3 Å². The molecule has 1 N–H and O–H groups in total. The van der Waals surface area contributed by atoms with Gasteiger partial charge in [-0.05, 0) is 55.7 Å². The second-order valence-corrected chi connectivity index (χ2v) is 7.18. The highest BCUT2D eigenvalue weighted by Gasteiger charge is 2.21. The molecule has 0 aliphatic carbocycles. The summed E-state index contributed by atoms with van der Waals surface area (Å²) in [5.74, 6) is -1.07. The lowest BCUT2D eigenvalue weighted by Crippen LogP contribution is -2.47. The highest BCUT2D eigenvalue weighted by atomic mass is 19.1. The zero-order valence-electron chi connectivity index (χ0n) is 17.1. The fraction of sp³-hybridized carbons (Fsp3) is 0.273. The first kappa shape index (κ1) is 21.2. The number of amides is 1. The van der Waals surface area contributed by atoms with Crippen LogP contribution in [0.2, 0.25) is 0 Å². The number of nitrogens with one attached hydrogen (secondary N) is 1. The number of aromatic nitrogens is 3. The number of aryl methyl sites for hydroxylation is 1. The number of rotatable bonds is 6. The predicted octanol–water partition coefficient (Wildman–Crippen LogP) is 2.42. The van der Waals surface area contributed by atoms with E-state index in [9.17, 15) is 18.8 Å². The zero-order chi connectivity index (χ0) is 21.8. The first-order valence-electron chi connectivity index (χ1n) is 9.66. The summed E-state index contributed by atoms with van der Waals surface area (Å²) in [6, 6.07) is 12.3. The Morgan fingerprint density at radius 3 is 2.50 bits per heavy atom. The molecule has 0 saturated carbocycles. The largest absolute Gasteiger partial charge is 0.352 e. The number of carbonyl (C=O) groups is 1. The molecule has 156 valence electrons. The molecular weight excluding hydrogens is 387 g/mol. The van der Waals surface area contributed by atoms with Gasteiger partial charge < -0.3 is 5.32 Å². The van der Waals surface area contributed by atoms with Gasteiger partial charge in [0.25, 0.3) is 11.5 Å². The number of halogens is 1. The molecule has 0 radical (unpaired) electrons. The Morgan fingerprint density at radius 1 is 1.17 bits per heavy atom. The van der Waals surface area contributed by atoms with Crippen molar-refractivity contribution in [3.63, 3.8) is 0 Å². The minimum atomic E-state index is -0.797. The average molecular weight is 410 g/mol. The highest BCUT2D eigenvalue weighted by Crippen LogP contribution is 2.08. The minimum Gasteiger partial charge on any atom is -0.348 e. The Morgan fingerprint density at radius 2 is 1.87 bits per heavy atom. The van der Waals surface area contributed by atoms with Gasteiger partial charge in [-0.2, -0.15) is 9.78 Å². The molecule has 0 aliphatic heterocycles. The molecular formula is C22H23FN4O3. The maximum Gasteiger partial charge on any atom is 0.352 e. The SMILES string of the molecule is CCC(C)NC(=O)c1nn(-c2cccc(C)c2)c(=O)n(Cc2ccc(F)cc2)c1=O. The summed E-state index contributed by atoms with van der Waals surface area (Å²) >= 11 is 0. The summed E-state index contributed by atoms with van der Waals surface area (Å²) in [6.07, 6.45) is 0.674. The van der Waals surface area contributed by atoms with Crippen molar-refractivity contribution in [2.24, 2.45) is 0 Å². The third-order valence-corrected chi connectivity index (χ3v) is 4.76. The molecule has 30 heavy (non-hydrogen) atoms. The summed E-state index contributed by atoms with van der Waals surface area (Å²) in [5.41, 5.74) is 0.0157. The molecule has 0 bridgehead atoms. The lowest BCUT2D eigenvalue weighted by molar-refractivity contribution is 0.0929. The second-order valence-electron chi connectivity index (χ2n) is 7.18. The van der Waals surface area contributed by atoms with Crippen molar-refractivity contribution in [2.75, 3.05) is 0 Å². The molecule has 8 heteroatoms. The van der Waals surface area contributed by atoms with E-state index in [1.807, 2.05) is 26.8 Å². The van der Waals surface area contributed by atoms with Crippen LogP contribution in [-0.2, 0) is 6.54 Å². The number of hydrogen-bond acceptors (Lipinski definition) is 4. The van der Waals surface area contributed by atoms with Crippen LogP contribution in [0.5, 0.6) is 0 Å². The Balaban J connectivity index is 2.18. The fourth-order valence-corrected chi connectivity index (χ4v) is 2.89. The lowest BCUT2D eigenvalue weighted by Gasteiger charge is -2.14. The summed E-state index contributed by atoms with van der Waals surface area (Å²) in [5, 5.41) is 6.80. The van der Waals surface area contributed by atoms with Crippen LogP contribution < -0.4 is 16.6 Å². The number of hydrogen-bond donors (Lipinski definition) is 1. The molecule has 3 rings (SSSR count). The lowest BCUT2D eigenvalue weighted by atomic mass is 10.2. The van der Waals surface area contributed by atoms with Crippen molar-refractivity contribution in [1.82, 2.24) is 19.7 Å². The number of benzene rings is 2. The van der Waals surface area contributed by atoms with Gasteiger partial charge in [0.15, 0.2) is 0 Å². The molecule has 0 saturated heterocycles. The predicted molar refractivity (Wildman–Crippen MR) is 112 cm³/mol. The smallest absolute Gasteiger partial charge is 0.348 e. The highest BCUT2D eigenvalue weighted by molar-refractivity contribution is 5.91. The van der Waals surface area contributed by atoms with Crippen molar-refractivity contribution in [3.8, 4) is 5.69 Å². The van der Waals surface area contributed by atoms with E-state index in [-0.39, 0.29) is 18.3 Å². The zero-order valence-corrected chi connectivity index (χ0v) is 17.1. The third kappa shape index (κ3) is 4.53. The van der Waals surface area contributed by atoms with Crippen LogP contribution >= 0.6 is 0 Å². The first-order chi connectivity index (χ1) is 14.3. The van der Waals surface area contributed by atoms with Crippen molar-refractivity contribution >= 4 is 5.91 Å². The van der Waals surface area contributed by atoms with Gasteiger partial charge in [0.05, 0.1) is 12.2 Å². The summed E-state index contributed by atoms with van der Waals surface area (Å²) in [6.45, 7) is 5.46.